The molecule has 1 heterocycles. The molecule has 0 aliphatic carbocycles. The Labute approximate surface area is 170 Å². The van der Waals surface area contributed by atoms with Crippen molar-refractivity contribution in [2.45, 2.75) is 19.5 Å². The van der Waals surface area contributed by atoms with Crippen LogP contribution in [0.2, 0.25) is 5.02 Å². The minimum absolute atomic E-state index is 0.193. The fourth-order valence-electron chi connectivity index (χ4n) is 2.80. The molecule has 0 unspecified atom stereocenters. The molecule has 0 saturated carbocycles. The second-order valence-electron chi connectivity index (χ2n) is 6.38. The topological polar surface area (TPSA) is 110 Å². The molecule has 8 nitrogen and oxygen atoms in total. The van der Waals surface area contributed by atoms with Crippen molar-refractivity contribution in [2.24, 2.45) is 0 Å². The van der Waals surface area contributed by atoms with Gasteiger partial charge in [0, 0.05) is 5.02 Å². The van der Waals surface area contributed by atoms with Crippen molar-refractivity contribution >= 4 is 34.2 Å². The summed E-state index contributed by atoms with van der Waals surface area (Å²) in [5.41, 5.74) is -0.185. The molecule has 0 radical (unpaired) electrons. The second kappa shape index (κ2) is 8.74. The summed E-state index contributed by atoms with van der Waals surface area (Å²) >= 11 is 5.84. The van der Waals surface area contributed by atoms with E-state index in [9.17, 15) is 19.2 Å². The van der Waals surface area contributed by atoms with Gasteiger partial charge < -0.3 is 10.1 Å². The lowest BCUT2D eigenvalue weighted by atomic mass is 10.1. The van der Waals surface area contributed by atoms with Gasteiger partial charge in [0.2, 0.25) is 0 Å². The minimum atomic E-state index is -0.827. The molecular weight excluding hydrogens is 398 g/mol. The van der Waals surface area contributed by atoms with E-state index in [1.165, 1.54) is 12.1 Å². The number of aromatic amines is 1. The molecule has 1 amide bonds. The number of nitrogens with one attached hydrogen (secondary N) is 2. The zero-order chi connectivity index (χ0) is 21.0. The molecule has 29 heavy (non-hydrogen) atoms. The Hall–Kier alpha value is -3.39. The van der Waals surface area contributed by atoms with E-state index in [4.69, 9.17) is 16.3 Å². The van der Waals surface area contributed by atoms with E-state index in [-0.39, 0.29) is 16.8 Å². The van der Waals surface area contributed by atoms with Crippen molar-refractivity contribution in [3.05, 3.63) is 79.8 Å². The van der Waals surface area contributed by atoms with Crippen LogP contribution in [0.5, 0.6) is 0 Å². The van der Waals surface area contributed by atoms with Crippen LogP contribution in [0, 0.1) is 0 Å². The van der Waals surface area contributed by atoms with Gasteiger partial charge >= 0.3 is 5.97 Å². The molecular formula is C20H18ClN3O5. The van der Waals surface area contributed by atoms with Crippen LogP contribution in [-0.4, -0.2) is 28.3 Å². The van der Waals surface area contributed by atoms with Gasteiger partial charge in [-0.15, -0.1) is 0 Å². The zero-order valence-corrected chi connectivity index (χ0v) is 16.2. The van der Waals surface area contributed by atoms with Crippen LogP contribution in [-0.2, 0) is 20.9 Å². The predicted octanol–water partition coefficient (Wildman–Crippen LogP) is 1.76. The van der Waals surface area contributed by atoms with Crippen LogP contribution in [0.15, 0.2) is 58.1 Å². The largest absolute Gasteiger partial charge is 0.454 e. The maximum Gasteiger partial charge on any atom is 0.328 e. The molecule has 1 atom stereocenters. The van der Waals surface area contributed by atoms with E-state index in [0.29, 0.717) is 5.02 Å². The van der Waals surface area contributed by atoms with Gasteiger partial charge in [0.15, 0.2) is 6.61 Å². The average Bonchev–Trinajstić information content (AvgIpc) is 2.71. The Kier molecular flexibility index (Phi) is 6.13. The van der Waals surface area contributed by atoms with E-state index in [2.05, 4.69) is 10.4 Å². The van der Waals surface area contributed by atoms with Gasteiger partial charge in [-0.25, -0.2) is 4.68 Å². The van der Waals surface area contributed by atoms with Crippen molar-refractivity contribution < 1.29 is 14.3 Å². The summed E-state index contributed by atoms with van der Waals surface area (Å²) in [5.74, 6) is -1.33. The first-order valence-corrected chi connectivity index (χ1v) is 9.15. The molecule has 2 N–H and O–H groups in total. The smallest absolute Gasteiger partial charge is 0.328 e. The molecule has 9 heteroatoms. The number of H-pyrrole nitrogens is 1. The highest BCUT2D eigenvalue weighted by atomic mass is 35.5. The molecule has 2 aromatic carbocycles. The third-order valence-electron chi connectivity index (χ3n) is 4.28. The highest BCUT2D eigenvalue weighted by molar-refractivity contribution is 6.30. The first-order valence-electron chi connectivity index (χ1n) is 8.77. The van der Waals surface area contributed by atoms with Gasteiger partial charge in [0.05, 0.1) is 16.8 Å². The number of hydrogen-bond acceptors (Lipinski definition) is 5. The van der Waals surface area contributed by atoms with Crippen molar-refractivity contribution in [1.82, 2.24) is 15.1 Å². The number of aromatic nitrogens is 2. The van der Waals surface area contributed by atoms with Gasteiger partial charge in [0.25, 0.3) is 17.0 Å². The summed E-state index contributed by atoms with van der Waals surface area (Å²) in [7, 11) is 0. The lowest BCUT2D eigenvalue weighted by Gasteiger charge is -2.14. The molecule has 3 rings (SSSR count). The molecule has 150 valence electrons. The summed E-state index contributed by atoms with van der Waals surface area (Å²) in [6, 6.07) is 13.0. The summed E-state index contributed by atoms with van der Waals surface area (Å²) < 4.78 is 5.78. The summed E-state index contributed by atoms with van der Waals surface area (Å²) in [5, 5.41) is 6.04. The van der Waals surface area contributed by atoms with Gasteiger partial charge in [-0.05, 0) is 36.8 Å². The number of hydrogen-bond donors (Lipinski definition) is 2. The quantitative estimate of drug-likeness (QED) is 0.596. The summed E-state index contributed by atoms with van der Waals surface area (Å²) in [4.78, 5) is 48.4. The van der Waals surface area contributed by atoms with Crippen molar-refractivity contribution in [2.75, 3.05) is 6.61 Å². The Balaban J connectivity index is 1.59. The fourth-order valence-corrected chi connectivity index (χ4v) is 2.92. The maximum atomic E-state index is 12.4. The lowest BCUT2D eigenvalue weighted by Crippen LogP contribution is -2.35. The van der Waals surface area contributed by atoms with Crippen LogP contribution < -0.4 is 16.4 Å². The Morgan fingerprint density at radius 2 is 1.76 bits per heavy atom. The molecule has 0 fully saturated rings. The van der Waals surface area contributed by atoms with E-state index >= 15 is 0 Å². The summed E-state index contributed by atoms with van der Waals surface area (Å²) in [6.45, 7) is 0.755. The predicted molar refractivity (Wildman–Crippen MR) is 108 cm³/mol. The zero-order valence-electron chi connectivity index (χ0n) is 15.5. The third kappa shape index (κ3) is 4.91. The van der Waals surface area contributed by atoms with Crippen molar-refractivity contribution in [1.29, 1.82) is 0 Å². The number of benzene rings is 2. The van der Waals surface area contributed by atoms with E-state index in [1.807, 2.05) is 0 Å². The maximum absolute atomic E-state index is 12.4. The number of rotatable bonds is 6. The van der Waals surface area contributed by atoms with Crippen LogP contribution in [0.3, 0.4) is 0 Å². The van der Waals surface area contributed by atoms with Crippen LogP contribution in [0.4, 0.5) is 0 Å². The molecule has 0 aliphatic rings. The standard InChI is InChI=1S/C20H18ClN3O5/c1-12(13-6-8-14(21)9-7-13)22-17(25)11-29-18(26)10-24-20(28)16-5-3-2-4-15(16)19(27)23-24/h2-9,12H,10-11H2,1H3,(H,22,25)(H,23,27)/t12-/m0/s1. The van der Waals surface area contributed by atoms with E-state index in [0.717, 1.165) is 10.2 Å². The molecule has 3 aromatic rings. The monoisotopic (exact) mass is 415 g/mol. The van der Waals surface area contributed by atoms with Crippen molar-refractivity contribution in [3.63, 3.8) is 0 Å². The fraction of sp³-hybridized carbons (Fsp3) is 0.200. The number of ether oxygens (including phenoxy) is 1. The number of fused-ring (bicyclic) bond motifs is 1. The van der Waals surface area contributed by atoms with Gasteiger partial charge in [-0.1, -0.05) is 35.9 Å². The number of esters is 1. The van der Waals surface area contributed by atoms with E-state index < -0.39 is 36.1 Å². The molecule has 0 bridgehead atoms. The number of nitrogens with zero attached hydrogens (tertiary/aromatic N) is 1. The van der Waals surface area contributed by atoms with Crippen LogP contribution >= 0.6 is 11.6 Å². The van der Waals surface area contributed by atoms with Gasteiger partial charge in [-0.3, -0.25) is 24.3 Å². The summed E-state index contributed by atoms with van der Waals surface area (Å²) in [6.07, 6.45) is 0. The molecule has 1 aromatic heterocycles. The van der Waals surface area contributed by atoms with Crippen LogP contribution in [0.1, 0.15) is 18.5 Å². The first-order chi connectivity index (χ1) is 13.8. The second-order valence-corrected chi connectivity index (χ2v) is 6.82. The molecule has 0 saturated heterocycles. The van der Waals surface area contributed by atoms with Crippen molar-refractivity contribution in [3.8, 4) is 0 Å². The van der Waals surface area contributed by atoms with Crippen LogP contribution in [0.25, 0.3) is 10.8 Å². The van der Waals surface area contributed by atoms with Gasteiger partial charge in [0.1, 0.15) is 6.54 Å². The Bertz CT molecular complexity index is 1170. The number of carbonyl (C=O) groups excluding carboxylic acids is 2. The minimum Gasteiger partial charge on any atom is -0.454 e. The average molecular weight is 416 g/mol. The number of halogens is 1. The molecule has 0 spiro atoms. The third-order valence-corrected chi connectivity index (χ3v) is 4.53. The van der Waals surface area contributed by atoms with E-state index in [1.54, 1.807) is 43.3 Å². The number of carbonyl (C=O) groups is 2. The molecule has 0 aliphatic heterocycles. The first kappa shape index (κ1) is 20.3. The SMILES string of the molecule is C[C@H](NC(=O)COC(=O)Cn1[nH]c(=O)c2ccccc2c1=O)c1ccc(Cl)cc1. The highest BCUT2D eigenvalue weighted by Crippen LogP contribution is 2.15. The normalized spacial score (nSPS) is 11.8. The number of amides is 1. The highest BCUT2D eigenvalue weighted by Gasteiger charge is 2.14. The Morgan fingerprint density at radius 3 is 2.45 bits per heavy atom. The van der Waals surface area contributed by atoms with Gasteiger partial charge in [-0.2, -0.15) is 0 Å². The lowest BCUT2D eigenvalue weighted by molar-refractivity contribution is -0.149. The Morgan fingerprint density at radius 1 is 1.10 bits per heavy atom.